The number of hydrogen-bond donors (Lipinski definition) is 3. The lowest BCUT2D eigenvalue weighted by Gasteiger charge is -2.18. The van der Waals surface area contributed by atoms with Gasteiger partial charge in [0.2, 0.25) is 0 Å². The third-order valence-corrected chi connectivity index (χ3v) is 7.11. The van der Waals surface area contributed by atoms with Crippen molar-refractivity contribution in [2.45, 2.75) is 25.8 Å². The van der Waals surface area contributed by atoms with Gasteiger partial charge in [-0.3, -0.25) is 0 Å². The number of nitrogens with one attached hydrogen (secondary N) is 1. The van der Waals surface area contributed by atoms with Crippen LogP contribution in [0.5, 0.6) is 11.5 Å². The van der Waals surface area contributed by atoms with Crippen LogP contribution in [0.3, 0.4) is 0 Å². The molecule has 0 heterocycles. The molecule has 0 aromatic heterocycles. The summed E-state index contributed by atoms with van der Waals surface area (Å²) in [4.78, 5) is 0. The molecule has 6 nitrogen and oxygen atoms in total. The number of aliphatic hydroxyl groups is 2. The molecular formula is C32H29BrN2O4. The van der Waals surface area contributed by atoms with E-state index in [1.165, 1.54) is 0 Å². The Labute approximate surface area is 236 Å². The second-order valence-corrected chi connectivity index (χ2v) is 9.70. The average Bonchev–Trinajstić information content (AvgIpc) is 2.97. The zero-order chi connectivity index (χ0) is 27.6. The van der Waals surface area contributed by atoms with Gasteiger partial charge in [-0.25, -0.2) is 0 Å². The van der Waals surface area contributed by atoms with E-state index >= 15 is 0 Å². The summed E-state index contributed by atoms with van der Waals surface area (Å²) in [5, 5.41) is 31.5. The van der Waals surface area contributed by atoms with E-state index in [2.05, 4.69) is 52.1 Å². The first-order chi connectivity index (χ1) is 19.0. The minimum atomic E-state index is -0.657. The highest BCUT2D eigenvalue weighted by Crippen LogP contribution is 2.32. The van der Waals surface area contributed by atoms with Crippen LogP contribution in [0.1, 0.15) is 22.3 Å². The molecule has 4 aromatic rings. The first kappa shape index (κ1) is 27.9. The van der Waals surface area contributed by atoms with E-state index in [0.29, 0.717) is 30.2 Å². The number of rotatable bonds is 12. The molecular weight excluding hydrogens is 556 g/mol. The van der Waals surface area contributed by atoms with E-state index < -0.39 is 6.04 Å². The van der Waals surface area contributed by atoms with Gasteiger partial charge in [0.05, 0.1) is 24.3 Å². The number of ether oxygens (including phenoxy) is 2. The summed E-state index contributed by atoms with van der Waals surface area (Å²) >= 11 is 3.75. The Bertz CT molecular complexity index is 1470. The lowest BCUT2D eigenvalue weighted by molar-refractivity contribution is 0.220. The molecule has 198 valence electrons. The van der Waals surface area contributed by atoms with Crippen LogP contribution in [0.2, 0.25) is 0 Å². The van der Waals surface area contributed by atoms with Gasteiger partial charge in [-0.15, -0.1) is 0 Å². The monoisotopic (exact) mass is 584 g/mol. The minimum absolute atomic E-state index is 0.142. The molecule has 0 aliphatic rings. The molecule has 0 aliphatic carbocycles. The van der Waals surface area contributed by atoms with Gasteiger partial charge in [0.15, 0.2) is 0 Å². The van der Waals surface area contributed by atoms with Crippen LogP contribution in [-0.2, 0) is 19.8 Å². The molecule has 7 heteroatoms. The van der Waals surface area contributed by atoms with Crippen LogP contribution in [0.4, 0.5) is 0 Å². The summed E-state index contributed by atoms with van der Waals surface area (Å²) < 4.78 is 13.3. The first-order valence-electron chi connectivity index (χ1n) is 12.4. The summed E-state index contributed by atoms with van der Waals surface area (Å²) in [6.45, 7) is 4.14. The Kier molecular flexibility index (Phi) is 9.76. The van der Waals surface area contributed by atoms with Crippen molar-refractivity contribution in [3.63, 3.8) is 0 Å². The second kappa shape index (κ2) is 13.6. The molecule has 1 atom stereocenters. The molecule has 0 radical (unpaired) electrons. The highest BCUT2D eigenvalue weighted by molar-refractivity contribution is 9.10. The van der Waals surface area contributed by atoms with Crippen LogP contribution >= 0.6 is 15.9 Å². The molecule has 39 heavy (non-hydrogen) atoms. The maximum Gasteiger partial charge on any atom is 0.127 e. The molecule has 0 amide bonds. The summed E-state index contributed by atoms with van der Waals surface area (Å²) in [6.07, 6.45) is 0. The van der Waals surface area contributed by atoms with Crippen molar-refractivity contribution >= 4 is 15.9 Å². The van der Waals surface area contributed by atoms with Crippen molar-refractivity contribution in [1.29, 1.82) is 5.26 Å². The van der Waals surface area contributed by atoms with Crippen LogP contribution in [-0.4, -0.2) is 22.9 Å². The predicted octanol–water partition coefficient (Wildman–Crippen LogP) is 6.67. The van der Waals surface area contributed by atoms with Gasteiger partial charge < -0.3 is 25.0 Å². The van der Waals surface area contributed by atoms with Gasteiger partial charge in [-0.2, -0.15) is 5.26 Å². The molecule has 0 saturated heterocycles. The highest BCUT2D eigenvalue weighted by atomic mass is 79.9. The fraction of sp³-hybridized carbons (Fsp3) is 0.156. The molecule has 4 rings (SSSR count). The number of hydrogen-bond acceptors (Lipinski definition) is 6. The van der Waals surface area contributed by atoms with Crippen LogP contribution in [0, 0.1) is 11.3 Å². The largest absolute Gasteiger partial charge is 0.511 e. The van der Waals surface area contributed by atoms with E-state index in [0.717, 1.165) is 32.3 Å². The Hall–Kier alpha value is -4.09. The quantitative estimate of drug-likeness (QED) is 0.161. The van der Waals surface area contributed by atoms with Crippen molar-refractivity contribution in [2.24, 2.45) is 0 Å². The molecule has 0 unspecified atom stereocenters. The van der Waals surface area contributed by atoms with Gasteiger partial charge in [-0.05, 0) is 50.8 Å². The topological polar surface area (TPSA) is 94.7 Å². The fourth-order valence-corrected chi connectivity index (χ4v) is 4.62. The van der Waals surface area contributed by atoms with E-state index in [9.17, 15) is 15.5 Å². The van der Waals surface area contributed by atoms with E-state index in [1.54, 1.807) is 12.1 Å². The van der Waals surface area contributed by atoms with Gasteiger partial charge >= 0.3 is 0 Å². The molecule has 0 bridgehead atoms. The first-order valence-corrected chi connectivity index (χ1v) is 13.2. The average molecular weight is 585 g/mol. The number of nitrogens with zero attached hydrogens (tertiary/aromatic N) is 1. The summed E-state index contributed by atoms with van der Waals surface area (Å²) in [6, 6.07) is 30.5. The zero-order valence-corrected chi connectivity index (χ0v) is 22.9. The standard InChI is InChI=1S/C32H29BrN2O4/c1-22(37)30(19-36)35-18-26-13-14-28(16-31(26)39-20-24-8-5-7-23(15-24)17-34)38-21-27-11-6-12-29(32(27)33)25-9-3-2-4-10-25/h2-16,30,35-37H,1,18-21H2/t30-/m0/s1. The fourth-order valence-electron chi connectivity index (χ4n) is 4.01. The van der Waals surface area contributed by atoms with Gasteiger partial charge in [0, 0.05) is 28.2 Å². The van der Waals surface area contributed by atoms with Crippen LogP contribution in [0.15, 0.2) is 108 Å². The maximum absolute atomic E-state index is 9.70. The summed E-state index contributed by atoms with van der Waals surface area (Å²) in [5.74, 6) is 1.07. The molecule has 3 N–H and O–H groups in total. The third kappa shape index (κ3) is 7.49. The van der Waals surface area contributed by atoms with Gasteiger partial charge in [0.1, 0.15) is 30.5 Å². The normalized spacial score (nSPS) is 11.4. The maximum atomic E-state index is 9.70. The molecule has 0 fully saturated rings. The number of aliphatic hydroxyl groups excluding tert-OH is 2. The molecule has 0 aliphatic heterocycles. The van der Waals surface area contributed by atoms with Crippen molar-refractivity contribution in [1.82, 2.24) is 5.32 Å². The zero-order valence-electron chi connectivity index (χ0n) is 21.3. The lowest BCUT2D eigenvalue weighted by Crippen LogP contribution is -2.33. The van der Waals surface area contributed by atoms with Gasteiger partial charge in [-0.1, -0.05) is 73.3 Å². The van der Waals surface area contributed by atoms with Crippen molar-refractivity contribution < 1.29 is 19.7 Å². The van der Waals surface area contributed by atoms with Gasteiger partial charge in [0.25, 0.3) is 0 Å². The van der Waals surface area contributed by atoms with Crippen molar-refractivity contribution in [3.05, 3.63) is 130 Å². The number of benzene rings is 4. The Morgan fingerprint density at radius 2 is 1.72 bits per heavy atom. The summed E-state index contributed by atoms with van der Waals surface area (Å²) in [7, 11) is 0. The lowest BCUT2D eigenvalue weighted by atomic mass is 10.0. The van der Waals surface area contributed by atoms with Crippen molar-refractivity contribution in [3.8, 4) is 28.7 Å². The van der Waals surface area contributed by atoms with E-state index in [4.69, 9.17) is 9.47 Å². The van der Waals surface area contributed by atoms with Crippen molar-refractivity contribution in [2.75, 3.05) is 6.61 Å². The smallest absolute Gasteiger partial charge is 0.127 e. The molecule has 0 spiro atoms. The van der Waals surface area contributed by atoms with E-state index in [1.807, 2.05) is 60.7 Å². The number of halogens is 1. The Morgan fingerprint density at radius 3 is 2.46 bits per heavy atom. The van der Waals surface area contributed by atoms with Crippen LogP contribution < -0.4 is 14.8 Å². The second-order valence-electron chi connectivity index (χ2n) is 8.91. The predicted molar refractivity (Wildman–Crippen MR) is 155 cm³/mol. The Balaban J connectivity index is 1.53. The molecule has 0 saturated carbocycles. The Morgan fingerprint density at radius 1 is 0.923 bits per heavy atom. The van der Waals surface area contributed by atoms with E-state index in [-0.39, 0.29) is 19.0 Å². The number of nitriles is 1. The SMILES string of the molecule is C=C(O)[C@H](CO)NCc1ccc(OCc2cccc(-c3ccccc3)c2Br)cc1OCc1cccc(C#N)c1. The molecule has 4 aromatic carbocycles. The summed E-state index contributed by atoms with van der Waals surface area (Å²) in [5.41, 5.74) is 5.44. The highest BCUT2D eigenvalue weighted by Gasteiger charge is 2.14. The minimum Gasteiger partial charge on any atom is -0.511 e. The van der Waals surface area contributed by atoms with Crippen LogP contribution in [0.25, 0.3) is 11.1 Å². The third-order valence-electron chi connectivity index (χ3n) is 6.17.